The molecule has 0 radical (unpaired) electrons. The van der Waals surface area contributed by atoms with Crippen molar-refractivity contribution in [2.45, 2.75) is 37.8 Å². The van der Waals surface area contributed by atoms with Crippen molar-refractivity contribution >= 4 is 39.9 Å². The number of carbonyl (C=O) groups is 1. The second kappa shape index (κ2) is 13.5. The molecule has 268 valence electrons. The summed E-state index contributed by atoms with van der Waals surface area (Å²) in [7, 11) is 4.96. The van der Waals surface area contributed by atoms with Crippen LogP contribution in [-0.4, -0.2) is 88.1 Å². The van der Waals surface area contributed by atoms with Gasteiger partial charge >= 0.3 is 6.03 Å². The van der Waals surface area contributed by atoms with Gasteiger partial charge < -0.3 is 25.0 Å². The number of aromatic nitrogens is 4. The van der Waals surface area contributed by atoms with Gasteiger partial charge in [-0.3, -0.25) is 9.69 Å². The minimum Gasteiger partial charge on any atom is -0.481 e. The van der Waals surface area contributed by atoms with Gasteiger partial charge in [0.05, 0.1) is 41.6 Å². The molecule has 2 fully saturated rings. The zero-order valence-electron chi connectivity index (χ0n) is 29.7. The number of aryl methyl sites for hydroxylation is 2. The Morgan fingerprint density at radius 2 is 1.88 bits per heavy atom. The Balaban J connectivity index is 1.08. The van der Waals surface area contributed by atoms with E-state index in [2.05, 4.69) is 31.7 Å². The zero-order valence-corrected chi connectivity index (χ0v) is 30.5. The van der Waals surface area contributed by atoms with Gasteiger partial charge in [0.25, 0.3) is 5.56 Å². The van der Waals surface area contributed by atoms with Gasteiger partial charge in [-0.15, -0.1) is 0 Å². The van der Waals surface area contributed by atoms with Crippen LogP contribution in [0.3, 0.4) is 0 Å². The largest absolute Gasteiger partial charge is 0.481 e. The fourth-order valence-corrected chi connectivity index (χ4v) is 8.53. The van der Waals surface area contributed by atoms with E-state index in [4.69, 9.17) is 26.1 Å². The topological polar surface area (TPSA) is 127 Å². The number of urea groups is 1. The van der Waals surface area contributed by atoms with Gasteiger partial charge in [0.2, 0.25) is 5.88 Å². The highest BCUT2D eigenvalue weighted by molar-refractivity contribution is 6.36. The van der Waals surface area contributed by atoms with Gasteiger partial charge in [-0.1, -0.05) is 41.9 Å². The number of amides is 2. The maximum atomic E-state index is 13.0. The van der Waals surface area contributed by atoms with Crippen LogP contribution in [0.5, 0.6) is 5.88 Å². The van der Waals surface area contributed by atoms with E-state index >= 15 is 0 Å². The minimum absolute atomic E-state index is 0.0152. The number of methoxy groups -OCH3 is 2. The highest BCUT2D eigenvalue weighted by Crippen LogP contribution is 2.46. The predicted molar refractivity (Wildman–Crippen MR) is 201 cm³/mol. The summed E-state index contributed by atoms with van der Waals surface area (Å²) in [6.07, 6.45) is 6.08. The van der Waals surface area contributed by atoms with Gasteiger partial charge in [-0.05, 0) is 61.1 Å². The number of fused-ring (bicyclic) bond motifs is 2. The smallest absolute Gasteiger partial charge is 0.318 e. The van der Waals surface area contributed by atoms with Crippen molar-refractivity contribution in [2.75, 3.05) is 52.3 Å². The molecule has 5 aromatic rings. The molecule has 2 N–H and O–H groups in total. The molecule has 2 atom stereocenters. The highest BCUT2D eigenvalue weighted by atomic mass is 35.5. The van der Waals surface area contributed by atoms with E-state index in [1.165, 1.54) is 10.2 Å². The number of benzene rings is 2. The lowest BCUT2D eigenvalue weighted by Gasteiger charge is -2.28. The first-order chi connectivity index (χ1) is 25.2. The molecule has 2 saturated heterocycles. The summed E-state index contributed by atoms with van der Waals surface area (Å²) in [6, 6.07) is 16.1. The summed E-state index contributed by atoms with van der Waals surface area (Å²) < 4.78 is 12.5. The van der Waals surface area contributed by atoms with Crippen LogP contribution >= 0.6 is 11.6 Å². The van der Waals surface area contributed by atoms with E-state index in [-0.39, 0.29) is 23.2 Å². The lowest BCUT2D eigenvalue weighted by atomic mass is 9.96. The van der Waals surface area contributed by atoms with E-state index in [9.17, 15) is 9.59 Å². The van der Waals surface area contributed by atoms with Crippen LogP contribution in [0, 0.1) is 6.92 Å². The Labute approximate surface area is 306 Å². The molecule has 13 heteroatoms. The first-order valence-corrected chi connectivity index (χ1v) is 17.9. The normalized spacial score (nSPS) is 19.8. The van der Waals surface area contributed by atoms with Gasteiger partial charge in [-0.2, -0.15) is 5.10 Å². The van der Waals surface area contributed by atoms with Crippen LogP contribution in [-0.2, 0) is 18.2 Å². The first kappa shape index (κ1) is 34.1. The minimum atomic E-state index is -0.257. The van der Waals surface area contributed by atoms with Gasteiger partial charge in [-0.25, -0.2) is 19.4 Å². The zero-order chi connectivity index (χ0) is 36.1. The summed E-state index contributed by atoms with van der Waals surface area (Å²) in [5.41, 5.74) is 7.00. The summed E-state index contributed by atoms with van der Waals surface area (Å²) in [5.74, 6) is 1.08. The molecule has 5 heterocycles. The lowest BCUT2D eigenvalue weighted by Crippen LogP contribution is -2.46. The molecule has 52 heavy (non-hydrogen) atoms. The number of hydrogen-bond donors (Lipinski definition) is 2. The Hall–Kier alpha value is -5.04. The molecular formula is C39H41ClN8O4. The number of nitrogens with zero attached hydrogens (tertiary/aromatic N) is 6. The summed E-state index contributed by atoms with van der Waals surface area (Å²) >= 11 is 7.26. The van der Waals surface area contributed by atoms with E-state index < -0.39 is 0 Å². The third kappa shape index (κ3) is 5.84. The molecule has 1 aliphatic carbocycles. The Morgan fingerprint density at radius 1 is 1.08 bits per heavy atom. The molecule has 3 aliphatic rings. The number of ether oxygens (including phenoxy) is 2. The standard InChI is InChI=1S/C39H41ClN8O4/c1-23-26(7-6-10-29(23)43-35-33-25(13-15-41-35)20-42-46(2)37(33)49)27-8-5-9-28(34(27)40)30-19-24-11-12-31(32(24)36(44-30)52-4)47-16-14-39(21-47)22-48(17-18-51-3)38(50)45-39/h5-10,13,15,19-20,31H,11-12,14,16-18,21-22H2,1-4H3,(H,41,43)(H,45,50)/t31-,39-/m0/s1. The van der Waals surface area contributed by atoms with Crippen molar-refractivity contribution in [1.29, 1.82) is 0 Å². The van der Waals surface area contributed by atoms with Crippen molar-refractivity contribution in [3.63, 3.8) is 0 Å². The van der Waals surface area contributed by atoms with E-state index in [0.717, 1.165) is 71.6 Å². The van der Waals surface area contributed by atoms with Gasteiger partial charge in [0, 0.05) is 80.3 Å². The van der Waals surface area contributed by atoms with E-state index in [0.29, 0.717) is 47.2 Å². The van der Waals surface area contributed by atoms with Crippen LogP contribution in [0.4, 0.5) is 16.3 Å². The van der Waals surface area contributed by atoms with Crippen molar-refractivity contribution in [2.24, 2.45) is 7.05 Å². The number of pyridine rings is 2. The van der Waals surface area contributed by atoms with Crippen molar-refractivity contribution < 1.29 is 14.3 Å². The number of carbonyl (C=O) groups excluding carboxylic acids is 1. The molecule has 2 aliphatic heterocycles. The molecule has 8 rings (SSSR count). The number of nitrogens with one attached hydrogen (secondary N) is 2. The second-order valence-electron chi connectivity index (χ2n) is 14.0. The van der Waals surface area contributed by atoms with Gasteiger partial charge in [0.15, 0.2) is 0 Å². The Bertz CT molecular complexity index is 2280. The molecule has 2 aromatic carbocycles. The molecule has 0 bridgehead atoms. The monoisotopic (exact) mass is 720 g/mol. The van der Waals surface area contributed by atoms with Crippen LogP contribution in [0.2, 0.25) is 5.02 Å². The van der Waals surface area contributed by atoms with Crippen LogP contribution < -0.4 is 20.9 Å². The fraction of sp³-hybridized carbons (Fsp3) is 0.359. The van der Waals surface area contributed by atoms with E-state index in [1.807, 2.05) is 48.2 Å². The SMILES string of the molecule is COCCN1C[C@@]2(CCN([C@H]3CCc4cc(-c5cccc(-c6cccc(Nc7nccc8cnn(C)c(=O)c78)c6C)c5Cl)nc(OC)c43)C2)NC1=O. The molecule has 0 saturated carbocycles. The number of halogens is 1. The summed E-state index contributed by atoms with van der Waals surface area (Å²) in [6.45, 7) is 5.49. The number of rotatable bonds is 9. The Morgan fingerprint density at radius 3 is 2.71 bits per heavy atom. The average molecular weight is 721 g/mol. The van der Waals surface area contributed by atoms with Crippen LogP contribution in [0.1, 0.15) is 35.6 Å². The maximum absolute atomic E-state index is 13.0. The quantitative estimate of drug-likeness (QED) is 0.192. The number of likely N-dealkylation sites (tertiary alicyclic amines) is 1. The van der Waals surface area contributed by atoms with Crippen molar-refractivity contribution in [3.05, 3.63) is 93.0 Å². The third-order valence-corrected chi connectivity index (χ3v) is 11.3. The fourth-order valence-electron chi connectivity index (χ4n) is 8.20. The molecule has 2 amide bonds. The number of hydrogen-bond acceptors (Lipinski definition) is 9. The first-order valence-electron chi connectivity index (χ1n) is 17.5. The van der Waals surface area contributed by atoms with E-state index in [1.54, 1.807) is 39.7 Å². The van der Waals surface area contributed by atoms with Crippen molar-refractivity contribution in [3.8, 4) is 28.3 Å². The maximum Gasteiger partial charge on any atom is 0.318 e. The Kier molecular flexibility index (Phi) is 8.84. The molecular weight excluding hydrogens is 680 g/mol. The van der Waals surface area contributed by atoms with Crippen LogP contribution in [0.25, 0.3) is 33.2 Å². The van der Waals surface area contributed by atoms with Crippen molar-refractivity contribution in [1.82, 2.24) is 34.9 Å². The van der Waals surface area contributed by atoms with Crippen LogP contribution in [0.15, 0.2) is 65.7 Å². The predicted octanol–water partition coefficient (Wildman–Crippen LogP) is 5.87. The van der Waals surface area contributed by atoms with Gasteiger partial charge in [0.1, 0.15) is 5.82 Å². The lowest BCUT2D eigenvalue weighted by molar-refractivity contribution is 0.158. The second-order valence-corrected chi connectivity index (χ2v) is 14.3. The number of anilines is 2. The molecule has 3 aromatic heterocycles. The highest BCUT2D eigenvalue weighted by Gasteiger charge is 2.49. The molecule has 1 spiro atoms. The molecule has 12 nitrogen and oxygen atoms in total. The summed E-state index contributed by atoms with van der Waals surface area (Å²) in [4.78, 5) is 39.6. The third-order valence-electron chi connectivity index (χ3n) is 10.9. The average Bonchev–Trinajstić information content (AvgIpc) is 3.85. The summed E-state index contributed by atoms with van der Waals surface area (Å²) in [5, 5.41) is 12.6. The molecule has 0 unspecified atom stereocenters.